The van der Waals surface area contributed by atoms with Crippen LogP contribution in [0.25, 0.3) is 0 Å². The maximum Gasteiger partial charge on any atom is 0.422 e. The van der Waals surface area contributed by atoms with Crippen LogP contribution in [0, 0.1) is 22.7 Å². The van der Waals surface area contributed by atoms with E-state index in [-0.39, 0.29) is 11.1 Å². The van der Waals surface area contributed by atoms with Crippen LogP contribution in [0.4, 0.5) is 26.3 Å². The molecule has 0 bridgehead atoms. The molecule has 0 saturated heterocycles. The van der Waals surface area contributed by atoms with Crippen LogP contribution in [-0.2, 0) is 0 Å². The molecule has 0 N–H and O–H groups in total. The molecule has 0 amide bonds. The van der Waals surface area contributed by atoms with E-state index < -0.39 is 37.1 Å². The third kappa shape index (κ3) is 5.40. The molecule has 118 valence electrons. The van der Waals surface area contributed by atoms with E-state index in [0.717, 1.165) is 12.1 Å². The minimum Gasteiger partial charge on any atom is -0.480 e. The molecule has 1 aromatic carbocycles. The lowest BCUT2D eigenvalue weighted by atomic mass is 10.1. The van der Waals surface area contributed by atoms with Crippen molar-refractivity contribution < 1.29 is 35.8 Å². The molecular weight excluding hydrogens is 318 g/mol. The Morgan fingerprint density at radius 2 is 1.09 bits per heavy atom. The van der Waals surface area contributed by atoms with Crippen LogP contribution < -0.4 is 9.47 Å². The first-order chi connectivity index (χ1) is 10.1. The number of nitriles is 2. The van der Waals surface area contributed by atoms with Crippen LogP contribution in [0.3, 0.4) is 0 Å². The number of halogens is 6. The van der Waals surface area contributed by atoms with Crippen LogP contribution in [0.1, 0.15) is 11.1 Å². The molecule has 4 nitrogen and oxygen atoms in total. The van der Waals surface area contributed by atoms with E-state index >= 15 is 0 Å². The summed E-state index contributed by atoms with van der Waals surface area (Å²) >= 11 is 0. The first kappa shape index (κ1) is 17.4. The molecule has 0 heterocycles. The SMILES string of the molecule is N#Cc1cc(OCC(F)(F)F)c(OCC(F)(F)F)cc1C#N. The van der Waals surface area contributed by atoms with Gasteiger partial charge in [0, 0.05) is 12.1 Å². The molecule has 0 aliphatic rings. The average molecular weight is 324 g/mol. The van der Waals surface area contributed by atoms with Crippen LogP contribution in [-0.4, -0.2) is 25.6 Å². The molecule has 10 heteroatoms. The largest absolute Gasteiger partial charge is 0.480 e. The molecule has 0 fully saturated rings. The van der Waals surface area contributed by atoms with Gasteiger partial charge in [0.2, 0.25) is 0 Å². The predicted octanol–water partition coefficient (Wildman–Crippen LogP) is 3.31. The van der Waals surface area contributed by atoms with E-state index in [1.165, 1.54) is 12.1 Å². The number of benzene rings is 1. The Hall–Kier alpha value is -2.62. The van der Waals surface area contributed by atoms with Crippen molar-refractivity contribution in [1.82, 2.24) is 0 Å². The highest BCUT2D eigenvalue weighted by Gasteiger charge is 2.31. The van der Waals surface area contributed by atoms with Gasteiger partial charge in [-0.2, -0.15) is 36.9 Å². The second-order valence-corrected chi connectivity index (χ2v) is 3.88. The van der Waals surface area contributed by atoms with Gasteiger partial charge < -0.3 is 9.47 Å². The Labute approximate surface area is 120 Å². The lowest BCUT2D eigenvalue weighted by Crippen LogP contribution is -2.21. The van der Waals surface area contributed by atoms with Gasteiger partial charge >= 0.3 is 12.4 Å². The monoisotopic (exact) mass is 324 g/mol. The van der Waals surface area contributed by atoms with Gasteiger partial charge in [-0.25, -0.2) is 0 Å². The van der Waals surface area contributed by atoms with E-state index in [2.05, 4.69) is 9.47 Å². The zero-order chi connectivity index (χ0) is 17.0. The fraction of sp³-hybridized carbons (Fsp3) is 0.333. The molecular formula is C12H6F6N2O2. The summed E-state index contributed by atoms with van der Waals surface area (Å²) in [7, 11) is 0. The molecule has 22 heavy (non-hydrogen) atoms. The Kier molecular flexibility index (Phi) is 5.10. The van der Waals surface area contributed by atoms with Gasteiger partial charge in [0.15, 0.2) is 24.7 Å². The zero-order valence-corrected chi connectivity index (χ0v) is 10.5. The van der Waals surface area contributed by atoms with Gasteiger partial charge in [-0.3, -0.25) is 0 Å². The van der Waals surface area contributed by atoms with Crippen molar-refractivity contribution in [1.29, 1.82) is 10.5 Å². The molecule has 1 rings (SSSR count). The minimum absolute atomic E-state index is 0.348. The van der Waals surface area contributed by atoms with Crippen molar-refractivity contribution in [2.75, 3.05) is 13.2 Å². The van der Waals surface area contributed by atoms with E-state index in [1.807, 2.05) is 0 Å². The third-order valence-corrected chi connectivity index (χ3v) is 2.11. The zero-order valence-electron chi connectivity index (χ0n) is 10.5. The Bertz CT molecular complexity index is 570. The Morgan fingerprint density at radius 1 is 0.773 bits per heavy atom. The standard InChI is InChI=1S/C12H6F6N2O2/c13-11(14,15)5-21-9-1-7(3-19)8(4-20)2-10(9)22-6-12(16,17)18/h1-2H,5-6H2. The highest BCUT2D eigenvalue weighted by molar-refractivity contribution is 5.56. The molecule has 0 radical (unpaired) electrons. The number of ether oxygens (including phenoxy) is 2. The maximum absolute atomic E-state index is 12.1. The second-order valence-electron chi connectivity index (χ2n) is 3.88. The Morgan fingerprint density at radius 3 is 1.32 bits per heavy atom. The highest BCUT2D eigenvalue weighted by atomic mass is 19.4. The second kappa shape index (κ2) is 6.43. The molecule has 0 aliphatic carbocycles. The van der Waals surface area contributed by atoms with Crippen molar-refractivity contribution in [3.8, 4) is 23.6 Å². The van der Waals surface area contributed by atoms with Crippen LogP contribution in [0.5, 0.6) is 11.5 Å². The van der Waals surface area contributed by atoms with Crippen LogP contribution >= 0.6 is 0 Å². The summed E-state index contributed by atoms with van der Waals surface area (Å²) in [6.07, 6.45) is -9.47. The Balaban J connectivity index is 3.14. The van der Waals surface area contributed by atoms with E-state index in [0.29, 0.717) is 0 Å². The molecule has 0 unspecified atom stereocenters. The van der Waals surface area contributed by atoms with Gasteiger partial charge in [0.05, 0.1) is 11.1 Å². The molecule has 0 saturated carbocycles. The fourth-order valence-electron chi connectivity index (χ4n) is 1.29. The number of hydrogen-bond donors (Lipinski definition) is 0. The summed E-state index contributed by atoms with van der Waals surface area (Å²) in [5.41, 5.74) is -0.696. The van der Waals surface area contributed by atoms with Gasteiger partial charge in [-0.05, 0) is 0 Å². The molecule has 0 aromatic heterocycles. The molecule has 0 spiro atoms. The van der Waals surface area contributed by atoms with Gasteiger partial charge in [-0.15, -0.1) is 0 Å². The van der Waals surface area contributed by atoms with E-state index in [4.69, 9.17) is 10.5 Å². The van der Waals surface area contributed by atoms with Crippen molar-refractivity contribution in [3.63, 3.8) is 0 Å². The molecule has 1 aromatic rings. The quantitative estimate of drug-likeness (QED) is 0.797. The highest BCUT2D eigenvalue weighted by Crippen LogP contribution is 2.33. The number of rotatable bonds is 4. The molecule has 0 aliphatic heterocycles. The molecule has 0 atom stereocenters. The number of nitrogens with zero attached hydrogens (tertiary/aromatic N) is 2. The number of hydrogen-bond acceptors (Lipinski definition) is 4. The summed E-state index contributed by atoms with van der Waals surface area (Å²) in [5.74, 6) is -1.42. The maximum atomic E-state index is 12.1. The predicted molar refractivity (Wildman–Crippen MR) is 59.0 cm³/mol. The lowest BCUT2D eigenvalue weighted by molar-refractivity contribution is -0.158. The van der Waals surface area contributed by atoms with Crippen molar-refractivity contribution in [3.05, 3.63) is 23.3 Å². The third-order valence-electron chi connectivity index (χ3n) is 2.11. The van der Waals surface area contributed by atoms with E-state index in [1.54, 1.807) is 0 Å². The number of alkyl halides is 6. The summed E-state index contributed by atoms with van der Waals surface area (Å²) in [6.45, 7) is -3.57. The average Bonchev–Trinajstić information content (AvgIpc) is 2.40. The summed E-state index contributed by atoms with van der Waals surface area (Å²) in [4.78, 5) is 0. The van der Waals surface area contributed by atoms with Gasteiger partial charge in [0.1, 0.15) is 12.1 Å². The van der Waals surface area contributed by atoms with Crippen LogP contribution in [0.2, 0.25) is 0 Å². The lowest BCUT2D eigenvalue weighted by Gasteiger charge is -2.15. The normalized spacial score (nSPS) is 11.5. The van der Waals surface area contributed by atoms with Crippen molar-refractivity contribution in [2.45, 2.75) is 12.4 Å². The smallest absolute Gasteiger partial charge is 0.422 e. The first-order valence-corrected chi connectivity index (χ1v) is 5.43. The summed E-state index contributed by atoms with van der Waals surface area (Å²) in [6, 6.07) is 4.48. The van der Waals surface area contributed by atoms with Crippen molar-refractivity contribution >= 4 is 0 Å². The summed E-state index contributed by atoms with van der Waals surface area (Å²) < 4.78 is 81.3. The van der Waals surface area contributed by atoms with Crippen molar-refractivity contribution in [2.24, 2.45) is 0 Å². The first-order valence-electron chi connectivity index (χ1n) is 5.43. The van der Waals surface area contributed by atoms with Crippen LogP contribution in [0.15, 0.2) is 12.1 Å². The topological polar surface area (TPSA) is 66.0 Å². The summed E-state index contributed by atoms with van der Waals surface area (Å²) in [5, 5.41) is 17.5. The van der Waals surface area contributed by atoms with E-state index in [9.17, 15) is 26.3 Å². The minimum atomic E-state index is -4.73. The van der Waals surface area contributed by atoms with Gasteiger partial charge in [0.25, 0.3) is 0 Å². The fourth-order valence-corrected chi connectivity index (χ4v) is 1.29. The van der Waals surface area contributed by atoms with Gasteiger partial charge in [-0.1, -0.05) is 0 Å².